The van der Waals surface area contributed by atoms with Gasteiger partial charge in [0.05, 0.1) is 22.0 Å². The molecule has 5 nitrogen and oxygen atoms in total. The van der Waals surface area contributed by atoms with Gasteiger partial charge in [-0.3, -0.25) is 14.6 Å². The average molecular weight is 544 g/mol. The van der Waals surface area contributed by atoms with Crippen LogP contribution in [0, 0.1) is 0 Å². The number of nitrogens with one attached hydrogen (secondary N) is 1. The van der Waals surface area contributed by atoms with Crippen LogP contribution in [0.5, 0.6) is 0 Å². The van der Waals surface area contributed by atoms with Crippen molar-refractivity contribution < 1.29 is 4.79 Å². The first kappa shape index (κ1) is 22.4. The third-order valence-corrected chi connectivity index (χ3v) is 6.81. The Balaban J connectivity index is 1.71. The maximum atomic E-state index is 13.3. The molecule has 4 aromatic rings. The molecule has 1 aliphatic heterocycles. The summed E-state index contributed by atoms with van der Waals surface area (Å²) >= 11 is 16.3. The van der Waals surface area contributed by atoms with Gasteiger partial charge >= 0.3 is 0 Å². The summed E-state index contributed by atoms with van der Waals surface area (Å²) in [4.78, 5) is 18.3. The van der Waals surface area contributed by atoms with Gasteiger partial charge in [-0.05, 0) is 53.0 Å². The Kier molecular flexibility index (Phi) is 6.43. The first-order chi connectivity index (χ1) is 16.0. The molecule has 0 radical (unpaired) electrons. The number of hydrogen-bond acceptors (Lipinski definition) is 3. The molecule has 0 spiro atoms. The van der Waals surface area contributed by atoms with Crippen LogP contribution >= 0.6 is 39.1 Å². The van der Waals surface area contributed by atoms with E-state index in [-0.39, 0.29) is 5.91 Å². The second kappa shape index (κ2) is 9.47. The van der Waals surface area contributed by atoms with Gasteiger partial charge in [0, 0.05) is 39.9 Å². The number of imidazole rings is 1. The van der Waals surface area contributed by atoms with Crippen LogP contribution in [-0.4, -0.2) is 33.4 Å². The van der Waals surface area contributed by atoms with Crippen LogP contribution in [0.25, 0.3) is 28.2 Å². The summed E-state index contributed by atoms with van der Waals surface area (Å²) in [7, 11) is 0. The second-order valence-electron chi connectivity index (χ2n) is 8.05. The number of carbonyl (C=O) groups is 1. The number of piperidine rings is 1. The lowest BCUT2D eigenvalue weighted by molar-refractivity contribution is 0.0751. The number of pyridine rings is 1. The van der Waals surface area contributed by atoms with Crippen molar-refractivity contribution in [1.82, 2.24) is 19.8 Å². The number of aromatic nitrogens is 2. The predicted molar refractivity (Wildman–Crippen MR) is 137 cm³/mol. The van der Waals surface area contributed by atoms with Gasteiger partial charge in [-0.15, -0.1) is 0 Å². The topological polar surface area (TPSA) is 49.6 Å². The fourth-order valence-electron chi connectivity index (χ4n) is 4.21. The summed E-state index contributed by atoms with van der Waals surface area (Å²) in [6.07, 6.45) is 5.27. The molecule has 3 heterocycles. The van der Waals surface area contributed by atoms with Crippen molar-refractivity contribution >= 4 is 50.7 Å². The smallest absolute Gasteiger partial charge is 0.269 e. The number of rotatable bonds is 4. The van der Waals surface area contributed by atoms with Crippen molar-refractivity contribution in [3.8, 4) is 22.5 Å². The minimum atomic E-state index is -0.179. The molecule has 1 amide bonds. The largest absolute Gasteiger partial charge is 0.297 e. The second-order valence-corrected chi connectivity index (χ2v) is 9.81. The Morgan fingerprint density at radius 3 is 2.45 bits per heavy atom. The number of hydrazine groups is 1. The van der Waals surface area contributed by atoms with E-state index in [1.165, 1.54) is 6.42 Å². The minimum absolute atomic E-state index is 0.179. The maximum absolute atomic E-state index is 13.3. The highest BCUT2D eigenvalue weighted by Crippen LogP contribution is 2.38. The highest BCUT2D eigenvalue weighted by Gasteiger charge is 2.23. The van der Waals surface area contributed by atoms with E-state index in [4.69, 9.17) is 28.2 Å². The van der Waals surface area contributed by atoms with Crippen LogP contribution in [0.2, 0.25) is 10.0 Å². The summed E-state index contributed by atoms with van der Waals surface area (Å²) in [5.74, 6) is -0.179. The predicted octanol–water partition coefficient (Wildman–Crippen LogP) is 6.87. The first-order valence-corrected chi connectivity index (χ1v) is 12.3. The molecule has 0 bridgehead atoms. The van der Waals surface area contributed by atoms with Gasteiger partial charge in [0.25, 0.3) is 5.91 Å². The quantitative estimate of drug-likeness (QED) is 0.305. The van der Waals surface area contributed by atoms with E-state index >= 15 is 0 Å². The van der Waals surface area contributed by atoms with Gasteiger partial charge in [0.1, 0.15) is 0 Å². The van der Waals surface area contributed by atoms with E-state index in [2.05, 4.69) is 21.4 Å². The molecule has 1 fully saturated rings. The zero-order valence-corrected chi connectivity index (χ0v) is 20.8. The van der Waals surface area contributed by atoms with Gasteiger partial charge in [0.15, 0.2) is 5.65 Å². The molecule has 5 rings (SSSR count). The minimum Gasteiger partial charge on any atom is -0.297 e. The molecule has 8 heteroatoms. The van der Waals surface area contributed by atoms with Crippen LogP contribution in [0.3, 0.4) is 0 Å². The number of fused-ring (bicyclic) bond motifs is 1. The van der Waals surface area contributed by atoms with Gasteiger partial charge in [-0.25, -0.2) is 9.99 Å². The summed E-state index contributed by atoms with van der Waals surface area (Å²) in [6.45, 7) is 1.71. The molecule has 0 atom stereocenters. The maximum Gasteiger partial charge on any atom is 0.269 e. The zero-order chi connectivity index (χ0) is 22.9. The summed E-state index contributed by atoms with van der Waals surface area (Å²) in [5.41, 5.74) is 7.36. The van der Waals surface area contributed by atoms with Crippen molar-refractivity contribution in [3.63, 3.8) is 0 Å². The SMILES string of the molecule is O=C(NN1CCCCC1)c1cc(Br)cn2c(-c3ccc(Cl)cc3)c(-c3ccccc3Cl)nc12. The zero-order valence-electron chi connectivity index (χ0n) is 17.7. The number of benzene rings is 2. The Hall–Kier alpha value is -2.38. The fourth-order valence-corrected chi connectivity index (χ4v) is 5.00. The lowest BCUT2D eigenvalue weighted by Crippen LogP contribution is -2.45. The molecule has 33 heavy (non-hydrogen) atoms. The molecule has 2 aromatic heterocycles. The normalized spacial score (nSPS) is 14.5. The Labute approximate surface area is 210 Å². The number of hydrogen-bond donors (Lipinski definition) is 1. The summed E-state index contributed by atoms with van der Waals surface area (Å²) in [6, 6.07) is 17.0. The molecule has 0 saturated carbocycles. The van der Waals surface area contributed by atoms with Crippen LogP contribution in [0.4, 0.5) is 0 Å². The molecule has 0 aliphatic carbocycles. The van der Waals surface area contributed by atoms with E-state index in [0.29, 0.717) is 26.9 Å². The van der Waals surface area contributed by atoms with Crippen molar-refractivity contribution in [3.05, 3.63) is 80.9 Å². The summed E-state index contributed by atoms with van der Waals surface area (Å²) < 4.78 is 2.72. The van der Waals surface area contributed by atoms with E-state index < -0.39 is 0 Å². The highest BCUT2D eigenvalue weighted by atomic mass is 79.9. The van der Waals surface area contributed by atoms with Crippen molar-refractivity contribution in [2.45, 2.75) is 19.3 Å². The fraction of sp³-hybridized carbons (Fsp3) is 0.200. The Morgan fingerprint density at radius 1 is 1.00 bits per heavy atom. The molecule has 2 aromatic carbocycles. The van der Waals surface area contributed by atoms with E-state index in [1.807, 2.05) is 70.2 Å². The van der Waals surface area contributed by atoms with Gasteiger partial charge in [-0.1, -0.05) is 60.0 Å². The standard InChI is InChI=1S/C25H21BrCl2N4O/c26-17-14-20(25(33)30-31-12-4-1-5-13-31)24-29-22(19-6-2-3-7-21(19)28)23(32(24)15-17)16-8-10-18(27)11-9-16/h2-3,6-11,14-15H,1,4-5,12-13H2,(H,30,33). The molecule has 168 valence electrons. The molecular formula is C25H21BrCl2N4O. The van der Waals surface area contributed by atoms with E-state index in [0.717, 1.165) is 47.2 Å². The van der Waals surface area contributed by atoms with Crippen LogP contribution in [-0.2, 0) is 0 Å². The first-order valence-electron chi connectivity index (χ1n) is 10.8. The van der Waals surface area contributed by atoms with Crippen molar-refractivity contribution in [2.24, 2.45) is 0 Å². The third-order valence-electron chi connectivity index (χ3n) is 5.79. The Bertz CT molecular complexity index is 1330. The molecule has 1 aliphatic rings. The number of nitrogens with zero attached hydrogens (tertiary/aromatic N) is 3. The molecule has 0 unspecified atom stereocenters. The van der Waals surface area contributed by atoms with Gasteiger partial charge < -0.3 is 0 Å². The number of amides is 1. The number of halogens is 3. The van der Waals surface area contributed by atoms with Crippen LogP contribution < -0.4 is 5.43 Å². The number of carbonyl (C=O) groups excluding carboxylic acids is 1. The lowest BCUT2D eigenvalue weighted by atomic mass is 10.0. The average Bonchev–Trinajstić information content (AvgIpc) is 3.19. The molecule has 1 saturated heterocycles. The van der Waals surface area contributed by atoms with Crippen molar-refractivity contribution in [1.29, 1.82) is 0 Å². The van der Waals surface area contributed by atoms with Gasteiger partial charge in [-0.2, -0.15) is 0 Å². The highest BCUT2D eigenvalue weighted by molar-refractivity contribution is 9.10. The summed E-state index contributed by atoms with van der Waals surface area (Å²) in [5, 5.41) is 3.23. The third kappa shape index (κ3) is 4.53. The van der Waals surface area contributed by atoms with Crippen molar-refractivity contribution in [2.75, 3.05) is 13.1 Å². The van der Waals surface area contributed by atoms with E-state index in [9.17, 15) is 4.79 Å². The van der Waals surface area contributed by atoms with Crippen LogP contribution in [0.1, 0.15) is 29.6 Å². The van der Waals surface area contributed by atoms with Gasteiger partial charge in [0.2, 0.25) is 0 Å². The van der Waals surface area contributed by atoms with E-state index in [1.54, 1.807) is 0 Å². The molecular weight excluding hydrogens is 523 g/mol. The lowest BCUT2D eigenvalue weighted by Gasteiger charge is -2.26. The van der Waals surface area contributed by atoms with Crippen LogP contribution in [0.15, 0.2) is 65.3 Å². The Morgan fingerprint density at radius 2 is 1.73 bits per heavy atom. The monoisotopic (exact) mass is 542 g/mol. The molecule has 1 N–H and O–H groups in total.